The van der Waals surface area contributed by atoms with Crippen molar-refractivity contribution in [3.63, 3.8) is 0 Å². The fourth-order valence-electron chi connectivity index (χ4n) is 2.79. The van der Waals surface area contributed by atoms with Gasteiger partial charge in [0.05, 0.1) is 0 Å². The molecule has 0 saturated carbocycles. The molecule has 0 atom stereocenters. The molecule has 0 aliphatic heterocycles. The number of halogens is 1. The molecule has 0 aromatic heterocycles. The molecule has 0 saturated heterocycles. The topological polar surface area (TPSA) is 12.5 Å². The first-order valence-corrected chi connectivity index (χ1v) is 9.88. The van der Waals surface area contributed by atoms with Gasteiger partial charge in [-0.1, -0.05) is 48.2 Å². The van der Waals surface area contributed by atoms with Crippen molar-refractivity contribution in [3.8, 4) is 17.6 Å². The first-order valence-electron chi connectivity index (χ1n) is 9.88. The van der Waals surface area contributed by atoms with Crippen LogP contribution in [0.4, 0.5) is 0 Å². The Hall–Kier alpha value is -2.21. The maximum Gasteiger partial charge on any atom is 0.120 e. The van der Waals surface area contributed by atoms with Crippen LogP contribution in [0.1, 0.15) is 43.0 Å². The van der Waals surface area contributed by atoms with E-state index < -0.39 is 0 Å². The van der Waals surface area contributed by atoms with Gasteiger partial charge >= 0.3 is 0 Å². The van der Waals surface area contributed by atoms with E-state index in [9.17, 15) is 0 Å². The van der Waals surface area contributed by atoms with Crippen LogP contribution in [0, 0.1) is 31.1 Å². The van der Waals surface area contributed by atoms with E-state index in [-0.39, 0.29) is 17.8 Å². The van der Waals surface area contributed by atoms with E-state index >= 15 is 0 Å². The number of ether oxygens (including phenoxy) is 1. The Labute approximate surface area is 183 Å². The molecule has 0 bridgehead atoms. The number of hydrogen-bond acceptors (Lipinski definition) is 2. The molecule has 2 aromatic rings. The molecule has 0 heterocycles. The molecule has 29 heavy (non-hydrogen) atoms. The summed E-state index contributed by atoms with van der Waals surface area (Å²) in [5, 5.41) is 0. The molecule has 0 radical (unpaired) electrons. The SMILES string of the molecule is Cc1cccc(COc2cccc(CN(C)C/C=C/C#CC(C)(C)C)c2)c1C.Cl. The van der Waals surface area contributed by atoms with E-state index in [2.05, 4.69) is 101 Å². The third-order valence-corrected chi connectivity index (χ3v) is 4.53. The zero-order valence-electron chi connectivity index (χ0n) is 18.6. The predicted molar refractivity (Wildman–Crippen MR) is 127 cm³/mol. The van der Waals surface area contributed by atoms with Gasteiger partial charge in [-0.05, 0) is 82.1 Å². The van der Waals surface area contributed by atoms with Crippen molar-refractivity contribution in [1.29, 1.82) is 0 Å². The van der Waals surface area contributed by atoms with Crippen molar-refractivity contribution in [1.82, 2.24) is 4.90 Å². The summed E-state index contributed by atoms with van der Waals surface area (Å²) < 4.78 is 6.04. The maximum absolute atomic E-state index is 6.04. The number of rotatable bonds is 7. The lowest BCUT2D eigenvalue weighted by atomic mass is 9.98. The number of nitrogens with zero attached hydrogens (tertiary/aromatic N) is 1. The Morgan fingerprint density at radius 1 is 1.07 bits per heavy atom. The summed E-state index contributed by atoms with van der Waals surface area (Å²) in [5.74, 6) is 7.25. The Bertz CT molecular complexity index is 868. The third-order valence-electron chi connectivity index (χ3n) is 4.53. The van der Waals surface area contributed by atoms with Crippen molar-refractivity contribution in [2.24, 2.45) is 5.41 Å². The molecule has 0 unspecified atom stereocenters. The Kier molecular flexibility index (Phi) is 10.0. The van der Waals surface area contributed by atoms with Crippen molar-refractivity contribution in [2.75, 3.05) is 13.6 Å². The molecule has 0 aliphatic carbocycles. The van der Waals surface area contributed by atoms with Gasteiger partial charge in [0.15, 0.2) is 0 Å². The lowest BCUT2D eigenvalue weighted by Gasteiger charge is -2.15. The predicted octanol–water partition coefficient (Wildman–Crippen LogP) is 6.34. The Balaban J connectivity index is 0.00000420. The average molecular weight is 412 g/mol. The largest absolute Gasteiger partial charge is 0.489 e. The Morgan fingerprint density at radius 3 is 2.52 bits per heavy atom. The number of likely N-dealkylation sites (N-methyl/N-ethyl adjacent to an activating group) is 1. The summed E-state index contributed by atoms with van der Waals surface area (Å²) in [6, 6.07) is 14.7. The van der Waals surface area contributed by atoms with E-state index in [0.29, 0.717) is 6.61 Å². The van der Waals surface area contributed by atoms with Crippen LogP contribution in [0.3, 0.4) is 0 Å². The fraction of sp³-hybridized carbons (Fsp3) is 0.385. The first-order chi connectivity index (χ1) is 13.2. The minimum Gasteiger partial charge on any atom is -0.489 e. The summed E-state index contributed by atoms with van der Waals surface area (Å²) in [6.07, 6.45) is 4.06. The highest BCUT2D eigenvalue weighted by Crippen LogP contribution is 2.19. The number of benzene rings is 2. The van der Waals surface area contributed by atoms with Crippen LogP contribution in [0.25, 0.3) is 0 Å². The van der Waals surface area contributed by atoms with Crippen LogP contribution < -0.4 is 4.74 Å². The smallest absolute Gasteiger partial charge is 0.120 e. The van der Waals surface area contributed by atoms with E-state index in [4.69, 9.17) is 4.74 Å². The number of hydrogen-bond donors (Lipinski definition) is 0. The van der Waals surface area contributed by atoms with E-state index in [1.54, 1.807) is 0 Å². The average Bonchev–Trinajstić information content (AvgIpc) is 2.62. The van der Waals surface area contributed by atoms with Gasteiger partial charge in [0, 0.05) is 18.5 Å². The highest BCUT2D eigenvalue weighted by molar-refractivity contribution is 5.85. The zero-order valence-corrected chi connectivity index (χ0v) is 19.4. The summed E-state index contributed by atoms with van der Waals surface area (Å²) in [4.78, 5) is 2.26. The van der Waals surface area contributed by atoms with Gasteiger partial charge in [0.2, 0.25) is 0 Å². The van der Waals surface area contributed by atoms with Crippen LogP contribution in [-0.2, 0) is 13.2 Å². The molecule has 2 nitrogen and oxygen atoms in total. The Morgan fingerprint density at radius 2 is 1.79 bits per heavy atom. The molecule has 2 rings (SSSR count). The molecule has 0 aliphatic rings. The van der Waals surface area contributed by atoms with Crippen molar-refractivity contribution >= 4 is 12.4 Å². The molecule has 0 spiro atoms. The van der Waals surface area contributed by atoms with Gasteiger partial charge in [-0.2, -0.15) is 0 Å². The summed E-state index contributed by atoms with van der Waals surface area (Å²) in [5.41, 5.74) is 5.14. The van der Waals surface area contributed by atoms with Crippen molar-refractivity contribution < 1.29 is 4.74 Å². The second kappa shape index (κ2) is 11.7. The summed E-state index contributed by atoms with van der Waals surface area (Å²) in [7, 11) is 2.12. The molecule has 156 valence electrons. The number of aryl methyl sites for hydroxylation is 1. The van der Waals surface area contributed by atoms with Crippen molar-refractivity contribution in [2.45, 2.75) is 47.8 Å². The van der Waals surface area contributed by atoms with Crippen LogP contribution in [0.15, 0.2) is 54.6 Å². The highest BCUT2D eigenvalue weighted by atomic mass is 35.5. The van der Waals surface area contributed by atoms with Gasteiger partial charge in [-0.3, -0.25) is 4.90 Å². The quantitative estimate of drug-likeness (QED) is 0.492. The van der Waals surface area contributed by atoms with Gasteiger partial charge < -0.3 is 4.74 Å². The molecular formula is C26H34ClNO. The summed E-state index contributed by atoms with van der Waals surface area (Å²) in [6.45, 7) is 13.0. The summed E-state index contributed by atoms with van der Waals surface area (Å²) >= 11 is 0. The van der Waals surface area contributed by atoms with Crippen molar-refractivity contribution in [3.05, 3.63) is 76.9 Å². The van der Waals surface area contributed by atoms with E-state index in [1.165, 1.54) is 22.3 Å². The molecule has 0 fully saturated rings. The third kappa shape index (κ3) is 9.22. The monoisotopic (exact) mass is 411 g/mol. The van der Waals surface area contributed by atoms with Crippen LogP contribution in [0.5, 0.6) is 5.75 Å². The normalized spacial score (nSPS) is 11.1. The zero-order chi connectivity index (χ0) is 20.6. The van der Waals surface area contributed by atoms with Crippen LogP contribution in [0.2, 0.25) is 0 Å². The molecule has 0 amide bonds. The second-order valence-corrected chi connectivity index (χ2v) is 8.41. The van der Waals surface area contributed by atoms with Crippen LogP contribution in [-0.4, -0.2) is 18.5 Å². The molecule has 0 N–H and O–H groups in total. The van der Waals surface area contributed by atoms with Crippen LogP contribution >= 0.6 is 12.4 Å². The standard InChI is InChI=1S/C26H33NO.ClH/c1-21-12-10-14-24(22(21)2)20-28-25-15-11-13-23(18-25)19-27(6)17-9-7-8-16-26(3,4)5;/h7,9-15,18H,17,19-20H2,1-6H3;1H/b9-7+;. The van der Waals surface area contributed by atoms with Gasteiger partial charge in [0.1, 0.15) is 12.4 Å². The maximum atomic E-state index is 6.04. The van der Waals surface area contributed by atoms with Gasteiger partial charge in [-0.25, -0.2) is 0 Å². The van der Waals surface area contributed by atoms with E-state index in [1.807, 2.05) is 12.1 Å². The van der Waals surface area contributed by atoms with Gasteiger partial charge in [0.25, 0.3) is 0 Å². The first kappa shape index (κ1) is 24.8. The van der Waals surface area contributed by atoms with Gasteiger partial charge in [-0.15, -0.1) is 12.4 Å². The number of allylic oxidation sites excluding steroid dienone is 1. The fourth-order valence-corrected chi connectivity index (χ4v) is 2.79. The lowest BCUT2D eigenvalue weighted by Crippen LogP contribution is -2.17. The molecule has 2 aromatic carbocycles. The van der Waals surface area contributed by atoms with E-state index in [0.717, 1.165) is 18.8 Å². The molecular weight excluding hydrogens is 378 g/mol. The second-order valence-electron chi connectivity index (χ2n) is 8.41. The minimum atomic E-state index is 0. The highest BCUT2D eigenvalue weighted by Gasteiger charge is 2.04. The lowest BCUT2D eigenvalue weighted by molar-refractivity contribution is 0.303. The minimum absolute atomic E-state index is 0. The molecule has 3 heteroatoms.